The van der Waals surface area contributed by atoms with Crippen molar-refractivity contribution in [2.75, 3.05) is 5.32 Å². The first-order chi connectivity index (χ1) is 21.9. The largest absolute Gasteiger partial charge is 0.478 e. The Morgan fingerprint density at radius 3 is 1.68 bits per heavy atom. The highest BCUT2D eigenvalue weighted by Crippen LogP contribution is 2.46. The molecule has 12 N–H and O–H groups in total. The fourth-order valence-corrected chi connectivity index (χ4v) is 9.39. The van der Waals surface area contributed by atoms with E-state index in [1.54, 1.807) is 0 Å². The van der Waals surface area contributed by atoms with E-state index in [9.17, 15) is 45.9 Å². The van der Waals surface area contributed by atoms with E-state index < -0.39 is 109 Å². The summed E-state index contributed by atoms with van der Waals surface area (Å²) in [7, 11) is -9.95. The molecule has 1 aliphatic heterocycles. The smallest absolute Gasteiger partial charge is 0.336 e. The zero-order valence-electron chi connectivity index (χ0n) is 23.3. The first kappa shape index (κ1) is 32.2. The van der Waals surface area contributed by atoms with Crippen LogP contribution in [-0.2, 0) is 20.0 Å². The molecule has 240 valence electrons. The summed E-state index contributed by atoms with van der Waals surface area (Å²) in [6, 6.07) is 8.63. The number of carbonyl (C=O) groups is 5. The highest BCUT2D eigenvalue weighted by Gasteiger charge is 2.45. The number of nitrogens with one attached hydrogen (secondary N) is 3. The van der Waals surface area contributed by atoms with Crippen LogP contribution in [0.15, 0.2) is 63.4 Å². The fraction of sp³-hybridized carbons (Fsp3) is 0. The van der Waals surface area contributed by atoms with Crippen LogP contribution >= 0.6 is 0 Å². The molecule has 47 heavy (non-hydrogen) atoms. The van der Waals surface area contributed by atoms with Crippen LogP contribution in [0.3, 0.4) is 0 Å². The second-order valence-corrected chi connectivity index (χ2v) is 13.4. The van der Waals surface area contributed by atoms with Gasteiger partial charge in [-0.05, 0) is 42.0 Å². The number of fused-ring (bicyclic) bond motifs is 2. The van der Waals surface area contributed by atoms with E-state index in [0.717, 1.165) is 24.3 Å². The first-order valence-corrected chi connectivity index (χ1v) is 15.7. The summed E-state index contributed by atoms with van der Waals surface area (Å²) in [5, 5.41) is 15.0. The van der Waals surface area contributed by atoms with E-state index in [1.807, 2.05) is 0 Å². The molecule has 20 heteroatoms. The summed E-state index contributed by atoms with van der Waals surface area (Å²) in [4.78, 5) is 60.9. The van der Waals surface area contributed by atoms with Crippen LogP contribution in [0.4, 0.5) is 17.1 Å². The average Bonchev–Trinajstić information content (AvgIpc) is 3.18. The van der Waals surface area contributed by atoms with E-state index in [1.165, 1.54) is 28.4 Å². The second kappa shape index (κ2) is 11.0. The Labute approximate surface area is 263 Å². The number of primary amides is 4. The van der Waals surface area contributed by atoms with Crippen molar-refractivity contribution in [1.29, 1.82) is 5.53 Å². The molecule has 5 rings (SSSR count). The Balaban J connectivity index is 1.96. The predicted octanol–water partition coefficient (Wildman–Crippen LogP) is 0.987. The molecular weight excluding hydrogens is 660 g/mol. The number of hydrogen-bond acceptors (Lipinski definition) is 12. The molecule has 18 nitrogen and oxygen atoms in total. The molecule has 4 amide bonds. The highest BCUT2D eigenvalue weighted by atomic mass is 32.3. The van der Waals surface area contributed by atoms with Gasteiger partial charge in [0.1, 0.15) is 9.79 Å². The number of carbonyl (C=O) groups excluding carboxylic acids is 4. The molecule has 4 aromatic carbocycles. The molecule has 0 fully saturated rings. The fourth-order valence-electron chi connectivity index (χ4n) is 5.31. The summed E-state index contributed by atoms with van der Waals surface area (Å²) in [6.07, 6.45) is 0. The lowest BCUT2D eigenvalue weighted by molar-refractivity contribution is 0.0696. The maximum atomic E-state index is 13.3. The Hall–Kier alpha value is -6.25. The Kier molecular flexibility index (Phi) is 7.51. The summed E-state index contributed by atoms with van der Waals surface area (Å²) >= 11 is 0. The third kappa shape index (κ3) is 5.16. The number of sulfonamides is 2. The molecule has 0 bridgehead atoms. The number of nitrogens with two attached hydrogens (primary N) is 4. The number of nitrogens with zero attached hydrogens (tertiary/aromatic N) is 1. The highest BCUT2D eigenvalue weighted by molar-refractivity contribution is 8.07. The van der Waals surface area contributed by atoms with E-state index >= 15 is 0 Å². The quantitative estimate of drug-likeness (QED) is 0.115. The minimum absolute atomic E-state index is 0.0790. The number of anilines is 2. The lowest BCUT2D eigenvalue weighted by atomic mass is 9.89. The molecule has 1 heterocycles. The van der Waals surface area contributed by atoms with E-state index in [-0.39, 0.29) is 16.8 Å². The first-order valence-electron chi connectivity index (χ1n) is 12.7. The molecule has 0 aromatic heterocycles. The van der Waals surface area contributed by atoms with Gasteiger partial charge in [-0.1, -0.05) is 12.1 Å². The number of benzene rings is 4. The monoisotopic (exact) mass is 680 g/mol. The zero-order chi connectivity index (χ0) is 34.7. The summed E-state index contributed by atoms with van der Waals surface area (Å²) in [5.41, 5.74) is 24.8. The van der Waals surface area contributed by atoms with E-state index in [0.29, 0.717) is 0 Å². The Morgan fingerprint density at radius 2 is 1.19 bits per heavy atom. The van der Waals surface area contributed by atoms with Gasteiger partial charge in [-0.2, -0.15) is 5.11 Å². The molecule has 4 aromatic rings. The van der Waals surface area contributed by atoms with Crippen molar-refractivity contribution in [3.63, 3.8) is 0 Å². The molecule has 0 atom stereocenters. The number of carboxylic acids is 1. The van der Waals surface area contributed by atoms with Crippen molar-refractivity contribution in [3.05, 3.63) is 76.3 Å². The molecular formula is C27H20N8O10S2. The summed E-state index contributed by atoms with van der Waals surface area (Å²) < 4.78 is 54.7. The molecule has 0 aliphatic carbocycles. The van der Waals surface area contributed by atoms with Crippen molar-refractivity contribution in [2.45, 2.75) is 9.79 Å². The predicted molar refractivity (Wildman–Crippen MR) is 162 cm³/mol. The average molecular weight is 681 g/mol. The van der Waals surface area contributed by atoms with Gasteiger partial charge in [0.2, 0.25) is 17.7 Å². The van der Waals surface area contributed by atoms with Gasteiger partial charge in [0.25, 0.3) is 26.0 Å². The molecule has 0 radical (unpaired) electrons. The molecule has 1 aliphatic rings. The van der Waals surface area contributed by atoms with Crippen molar-refractivity contribution in [1.82, 2.24) is 4.13 Å². The zero-order valence-corrected chi connectivity index (χ0v) is 24.9. The molecule has 0 spiro atoms. The third-order valence-corrected chi connectivity index (χ3v) is 10.9. The summed E-state index contributed by atoms with van der Waals surface area (Å²) in [6.45, 7) is 0. The molecule has 0 unspecified atom stereocenters. The van der Waals surface area contributed by atoms with E-state index in [4.69, 9.17) is 28.5 Å². The number of carboxylic acid groups (broad SMARTS) is 1. The Morgan fingerprint density at radius 1 is 0.681 bits per heavy atom. The number of aromatic carboxylic acids is 1. The van der Waals surface area contributed by atoms with Crippen LogP contribution < -0.4 is 32.4 Å². The van der Waals surface area contributed by atoms with Crippen LogP contribution in [-0.4, -0.2) is 51.5 Å². The van der Waals surface area contributed by atoms with Gasteiger partial charge in [0.05, 0.1) is 28.2 Å². The second-order valence-electron chi connectivity index (χ2n) is 9.90. The Bertz CT molecular complexity index is 2390. The van der Waals surface area contributed by atoms with Crippen molar-refractivity contribution in [3.8, 4) is 11.1 Å². The minimum Gasteiger partial charge on any atom is -0.478 e. The molecule has 0 saturated carbocycles. The minimum atomic E-state index is -4.98. The SMILES string of the molecule is N=Nc1ccc(-c2c(C(=O)O)cc(Nc3cc(C(N)=O)c4c(C(N)=O)ccc(C(N)=O)c4c3C(N)=O)c3c2S(=O)(=O)NS3(=O)=O)cc1. The van der Waals surface area contributed by atoms with E-state index in [2.05, 4.69) is 10.4 Å². The number of rotatable bonds is 9. The topological polar surface area (TPSA) is 338 Å². The normalized spacial score (nSPS) is 14.2. The van der Waals surface area contributed by atoms with Crippen molar-refractivity contribution >= 4 is 77.5 Å². The standard InChI is InChI=1S/C27H20N8O10S2/c28-23(36)11-5-6-12(24(29)37)19-18(11)13(25(30)38)7-15(20(19)26(31)39)33-16-8-14(27(40)41)17(9-1-3-10(34-32)4-2-9)22-21(16)46(42,43)35-47(22,44)45/h1-8,32-33,35H,(H2,28,36)(H2,29,37)(H2,30,38)(H2,31,39)(H,40,41). The lowest BCUT2D eigenvalue weighted by Crippen LogP contribution is -2.23. The maximum Gasteiger partial charge on any atom is 0.336 e. The maximum absolute atomic E-state index is 13.3. The van der Waals surface area contributed by atoms with Gasteiger partial charge in [-0.15, -0.1) is 4.13 Å². The summed E-state index contributed by atoms with van der Waals surface area (Å²) in [5.74, 6) is -6.55. The van der Waals surface area contributed by atoms with Crippen LogP contribution in [0.25, 0.3) is 21.9 Å². The van der Waals surface area contributed by atoms with Crippen molar-refractivity contribution in [2.24, 2.45) is 28.0 Å². The van der Waals surface area contributed by atoms with Gasteiger partial charge in [0, 0.05) is 33.0 Å². The molecule has 0 saturated heterocycles. The van der Waals surface area contributed by atoms with Gasteiger partial charge in [0.15, 0.2) is 0 Å². The third-order valence-electron chi connectivity index (χ3n) is 7.10. The van der Waals surface area contributed by atoms with Crippen LogP contribution in [0.5, 0.6) is 0 Å². The van der Waals surface area contributed by atoms with Gasteiger partial charge >= 0.3 is 5.97 Å². The van der Waals surface area contributed by atoms with Gasteiger partial charge in [-0.25, -0.2) is 27.2 Å². The van der Waals surface area contributed by atoms with Crippen molar-refractivity contribution < 1.29 is 45.9 Å². The van der Waals surface area contributed by atoms with Crippen LogP contribution in [0.1, 0.15) is 51.8 Å². The van der Waals surface area contributed by atoms with Gasteiger partial charge < -0.3 is 33.4 Å². The van der Waals surface area contributed by atoms with Crippen LogP contribution in [0, 0.1) is 5.53 Å². The number of amides is 4. The van der Waals surface area contributed by atoms with Crippen LogP contribution in [0.2, 0.25) is 0 Å². The lowest BCUT2D eigenvalue weighted by Gasteiger charge is -2.20. The van der Waals surface area contributed by atoms with Gasteiger partial charge in [-0.3, -0.25) is 19.2 Å². The number of hydrogen-bond donors (Lipinski definition) is 8.